The van der Waals surface area contributed by atoms with E-state index in [0.717, 1.165) is 18.0 Å². The molecule has 2 aromatic rings. The van der Waals surface area contributed by atoms with Crippen molar-refractivity contribution >= 4 is 17.2 Å². The van der Waals surface area contributed by atoms with Gasteiger partial charge in [-0.2, -0.15) is 10.2 Å². The van der Waals surface area contributed by atoms with E-state index >= 15 is 0 Å². The van der Waals surface area contributed by atoms with Crippen LogP contribution in [0.5, 0.6) is 0 Å². The summed E-state index contributed by atoms with van der Waals surface area (Å²) in [7, 11) is 3.89. The van der Waals surface area contributed by atoms with Gasteiger partial charge in [0.1, 0.15) is 5.78 Å². The number of nitrogens with zero attached hydrogens (tertiary/aromatic N) is 4. The Bertz CT molecular complexity index is 815. The molecule has 27 heavy (non-hydrogen) atoms. The first-order valence-corrected chi connectivity index (χ1v) is 9.27. The molecular formula is C22H26N4O. The van der Waals surface area contributed by atoms with Gasteiger partial charge in [0.25, 0.3) is 0 Å². The van der Waals surface area contributed by atoms with Crippen LogP contribution in [0.15, 0.2) is 70.9 Å². The van der Waals surface area contributed by atoms with E-state index in [9.17, 15) is 4.79 Å². The highest BCUT2D eigenvalue weighted by Crippen LogP contribution is 2.14. The summed E-state index contributed by atoms with van der Waals surface area (Å²) in [6, 6.07) is 20.4. The molecule has 0 radical (unpaired) electrons. The van der Waals surface area contributed by atoms with Gasteiger partial charge < -0.3 is 0 Å². The fourth-order valence-corrected chi connectivity index (χ4v) is 3.16. The minimum absolute atomic E-state index is 0.228. The average molecular weight is 362 g/mol. The van der Waals surface area contributed by atoms with Gasteiger partial charge in [-0.1, -0.05) is 60.7 Å². The highest BCUT2D eigenvalue weighted by molar-refractivity contribution is 6.46. The predicted octanol–water partition coefficient (Wildman–Crippen LogP) is 3.72. The van der Waals surface area contributed by atoms with Crippen LogP contribution >= 0.6 is 0 Å². The third kappa shape index (κ3) is 5.78. The molecule has 1 aliphatic carbocycles. The van der Waals surface area contributed by atoms with Gasteiger partial charge in [-0.25, -0.2) is 0 Å². The molecule has 0 N–H and O–H groups in total. The second kappa shape index (κ2) is 9.12. The first-order valence-electron chi connectivity index (χ1n) is 9.27. The van der Waals surface area contributed by atoms with Crippen molar-refractivity contribution in [1.82, 2.24) is 10.0 Å². The summed E-state index contributed by atoms with van der Waals surface area (Å²) in [5.74, 6) is 0.228. The topological polar surface area (TPSA) is 48.3 Å². The standard InChI is InChI=1S/C22H26N4O/c1-25(16-18-9-5-3-6-10-18)23-21-14-13-20(27)15-22(21)24-26(2)17-19-11-7-4-8-12-19/h3-12H,13-17H2,1-2H3/b23-21-,24-22+. The Labute approximate surface area is 161 Å². The minimum Gasteiger partial charge on any atom is -0.299 e. The van der Waals surface area contributed by atoms with Crippen LogP contribution in [0.2, 0.25) is 0 Å². The van der Waals surface area contributed by atoms with Gasteiger partial charge in [-0.05, 0) is 11.1 Å². The highest BCUT2D eigenvalue weighted by atomic mass is 16.1. The zero-order valence-corrected chi connectivity index (χ0v) is 16.0. The van der Waals surface area contributed by atoms with Crippen LogP contribution in [-0.2, 0) is 17.9 Å². The first kappa shape index (κ1) is 18.8. The summed E-state index contributed by atoms with van der Waals surface area (Å²) in [4.78, 5) is 12.0. The summed E-state index contributed by atoms with van der Waals surface area (Å²) in [6.45, 7) is 1.43. The van der Waals surface area contributed by atoms with Crippen LogP contribution in [0, 0.1) is 0 Å². The highest BCUT2D eigenvalue weighted by Gasteiger charge is 2.22. The SMILES string of the molecule is CN(Cc1ccccc1)/N=C1/CCC(=O)C/C1=N\N(C)Cc1ccccc1. The molecule has 2 aromatic carbocycles. The second-order valence-corrected chi connectivity index (χ2v) is 6.91. The number of carbonyl (C=O) groups is 1. The molecular weight excluding hydrogens is 336 g/mol. The molecule has 0 saturated heterocycles. The van der Waals surface area contributed by atoms with E-state index in [-0.39, 0.29) is 5.78 Å². The van der Waals surface area contributed by atoms with Gasteiger partial charge in [0.05, 0.1) is 30.9 Å². The molecule has 140 valence electrons. The van der Waals surface area contributed by atoms with E-state index < -0.39 is 0 Å². The summed E-state index contributed by atoms with van der Waals surface area (Å²) in [5.41, 5.74) is 4.08. The van der Waals surface area contributed by atoms with Crippen LogP contribution in [0.4, 0.5) is 0 Å². The van der Waals surface area contributed by atoms with Crippen molar-refractivity contribution in [3.63, 3.8) is 0 Å². The van der Waals surface area contributed by atoms with Crippen molar-refractivity contribution in [3.05, 3.63) is 71.8 Å². The van der Waals surface area contributed by atoms with Crippen LogP contribution in [-0.4, -0.2) is 41.3 Å². The number of hydrazone groups is 2. The number of hydrogen-bond donors (Lipinski definition) is 0. The zero-order chi connectivity index (χ0) is 19.1. The maximum atomic E-state index is 12.0. The third-order valence-electron chi connectivity index (χ3n) is 4.43. The first-order chi connectivity index (χ1) is 13.1. The fourth-order valence-electron chi connectivity index (χ4n) is 3.16. The lowest BCUT2D eigenvalue weighted by Crippen LogP contribution is -2.30. The van der Waals surface area contributed by atoms with Crippen LogP contribution < -0.4 is 0 Å². The molecule has 5 nitrogen and oxygen atoms in total. The third-order valence-corrected chi connectivity index (χ3v) is 4.43. The summed E-state index contributed by atoms with van der Waals surface area (Å²) >= 11 is 0. The largest absolute Gasteiger partial charge is 0.299 e. The monoisotopic (exact) mass is 362 g/mol. The molecule has 0 atom stereocenters. The van der Waals surface area contributed by atoms with E-state index in [2.05, 4.69) is 24.3 Å². The summed E-state index contributed by atoms with van der Waals surface area (Å²) < 4.78 is 0. The lowest BCUT2D eigenvalue weighted by atomic mass is 9.95. The van der Waals surface area contributed by atoms with E-state index in [0.29, 0.717) is 25.8 Å². The quantitative estimate of drug-likeness (QED) is 0.736. The van der Waals surface area contributed by atoms with E-state index in [1.807, 2.05) is 60.5 Å². The Balaban J connectivity index is 1.72. The lowest BCUT2D eigenvalue weighted by molar-refractivity contribution is -0.117. The number of benzene rings is 2. The average Bonchev–Trinajstić information content (AvgIpc) is 2.65. The maximum absolute atomic E-state index is 12.0. The number of rotatable bonds is 6. The molecule has 0 heterocycles. The van der Waals surface area contributed by atoms with Gasteiger partial charge >= 0.3 is 0 Å². The molecule has 1 fully saturated rings. The summed E-state index contributed by atoms with van der Waals surface area (Å²) in [5, 5.41) is 13.3. The van der Waals surface area contributed by atoms with Crippen molar-refractivity contribution < 1.29 is 4.79 Å². The molecule has 0 amide bonds. The molecule has 0 aliphatic heterocycles. The van der Waals surface area contributed by atoms with E-state index in [1.54, 1.807) is 0 Å². The van der Waals surface area contributed by atoms with E-state index in [4.69, 9.17) is 10.2 Å². The van der Waals surface area contributed by atoms with Gasteiger partial charge in [-0.3, -0.25) is 14.8 Å². The Morgan fingerprint density at radius 1 is 0.741 bits per heavy atom. The van der Waals surface area contributed by atoms with Crippen LogP contribution in [0.3, 0.4) is 0 Å². The van der Waals surface area contributed by atoms with Crippen LogP contribution in [0.1, 0.15) is 30.4 Å². The second-order valence-electron chi connectivity index (χ2n) is 6.91. The maximum Gasteiger partial charge on any atom is 0.139 e. The Morgan fingerprint density at radius 2 is 1.22 bits per heavy atom. The Hall–Kier alpha value is -2.95. The van der Waals surface area contributed by atoms with Crippen molar-refractivity contribution in [3.8, 4) is 0 Å². The molecule has 0 aromatic heterocycles. The smallest absolute Gasteiger partial charge is 0.139 e. The molecule has 0 bridgehead atoms. The van der Waals surface area contributed by atoms with Gasteiger partial charge in [0, 0.05) is 26.9 Å². The van der Waals surface area contributed by atoms with Gasteiger partial charge in [0.15, 0.2) is 0 Å². The number of Topliss-reactive ketones (excluding diaryl/α,β-unsaturated/α-hetero) is 1. The van der Waals surface area contributed by atoms with Crippen molar-refractivity contribution in [2.75, 3.05) is 14.1 Å². The number of ketones is 1. The molecule has 5 heteroatoms. The number of hydrogen-bond acceptors (Lipinski definition) is 5. The zero-order valence-electron chi connectivity index (χ0n) is 16.0. The summed E-state index contributed by atoms with van der Waals surface area (Å²) in [6.07, 6.45) is 1.55. The normalized spacial score (nSPS) is 17.3. The van der Waals surface area contributed by atoms with Crippen molar-refractivity contribution in [2.24, 2.45) is 10.2 Å². The Morgan fingerprint density at radius 3 is 1.74 bits per heavy atom. The van der Waals surface area contributed by atoms with Crippen LogP contribution in [0.25, 0.3) is 0 Å². The molecule has 0 unspecified atom stereocenters. The van der Waals surface area contributed by atoms with Crippen molar-refractivity contribution in [2.45, 2.75) is 32.4 Å². The van der Waals surface area contributed by atoms with Crippen molar-refractivity contribution in [1.29, 1.82) is 0 Å². The van der Waals surface area contributed by atoms with Gasteiger partial charge in [-0.15, -0.1) is 0 Å². The van der Waals surface area contributed by atoms with E-state index in [1.165, 1.54) is 11.1 Å². The predicted molar refractivity (Wildman–Crippen MR) is 110 cm³/mol. The fraction of sp³-hybridized carbons (Fsp3) is 0.318. The minimum atomic E-state index is 0.228. The molecule has 3 rings (SSSR count). The number of carbonyl (C=O) groups excluding carboxylic acids is 1. The lowest BCUT2D eigenvalue weighted by Gasteiger charge is -2.22. The molecule has 0 spiro atoms. The Kier molecular flexibility index (Phi) is 6.36. The molecule has 1 aliphatic rings. The van der Waals surface area contributed by atoms with Gasteiger partial charge in [0.2, 0.25) is 0 Å². The molecule has 1 saturated carbocycles.